The summed E-state index contributed by atoms with van der Waals surface area (Å²) < 4.78 is 0. The van der Waals surface area contributed by atoms with E-state index in [4.69, 9.17) is 23.2 Å². The second-order valence-corrected chi connectivity index (χ2v) is 9.73. The first-order valence-electron chi connectivity index (χ1n) is 10.6. The van der Waals surface area contributed by atoms with Gasteiger partial charge in [0.2, 0.25) is 0 Å². The van der Waals surface area contributed by atoms with Crippen molar-refractivity contribution in [1.29, 1.82) is 0 Å². The van der Waals surface area contributed by atoms with Gasteiger partial charge in [-0.3, -0.25) is 9.59 Å². The van der Waals surface area contributed by atoms with Crippen LogP contribution in [-0.2, 0) is 9.59 Å². The second-order valence-electron chi connectivity index (χ2n) is 8.92. The molecule has 162 valence electrons. The first kappa shape index (κ1) is 21.9. The summed E-state index contributed by atoms with van der Waals surface area (Å²) in [4.78, 5) is 30.7. The van der Waals surface area contributed by atoms with E-state index in [1.54, 1.807) is 18.2 Å². The van der Waals surface area contributed by atoms with Gasteiger partial charge in [0.15, 0.2) is 0 Å². The van der Waals surface area contributed by atoms with E-state index in [1.807, 2.05) is 32.0 Å². The van der Waals surface area contributed by atoms with Crippen molar-refractivity contribution in [3.05, 3.63) is 68.8 Å². The predicted octanol–water partition coefficient (Wildman–Crippen LogP) is 5.87. The molecule has 2 unspecified atom stereocenters. The quantitative estimate of drug-likeness (QED) is 0.541. The minimum absolute atomic E-state index is 0.307. The largest absolute Gasteiger partial charge is 0.366 e. The lowest BCUT2D eigenvalue weighted by atomic mass is 9.90. The molecule has 2 heterocycles. The Morgan fingerprint density at radius 1 is 0.839 bits per heavy atom. The van der Waals surface area contributed by atoms with Crippen LogP contribution in [0.15, 0.2) is 42.1 Å². The van der Waals surface area contributed by atoms with Crippen molar-refractivity contribution in [2.75, 3.05) is 18.0 Å². The third kappa shape index (κ3) is 3.99. The zero-order valence-electron chi connectivity index (χ0n) is 18.2. The van der Waals surface area contributed by atoms with Gasteiger partial charge >= 0.3 is 0 Å². The third-order valence-corrected chi connectivity index (χ3v) is 6.94. The lowest BCUT2D eigenvalue weighted by Crippen LogP contribution is -2.42. The Kier molecular flexibility index (Phi) is 5.89. The highest BCUT2D eigenvalue weighted by atomic mass is 35.5. The summed E-state index contributed by atoms with van der Waals surface area (Å²) in [5, 5.41) is 0.687. The van der Waals surface area contributed by atoms with Crippen LogP contribution in [0.1, 0.15) is 37.0 Å². The van der Waals surface area contributed by atoms with E-state index in [1.165, 1.54) is 4.90 Å². The maximum absolute atomic E-state index is 13.7. The number of rotatable bonds is 3. The topological polar surface area (TPSA) is 40.6 Å². The molecule has 1 fully saturated rings. The molecule has 2 aromatic rings. The summed E-state index contributed by atoms with van der Waals surface area (Å²) >= 11 is 12.3. The average molecular weight is 457 g/mol. The normalized spacial score (nSPS) is 22.0. The number of halogens is 2. The van der Waals surface area contributed by atoms with Crippen LogP contribution < -0.4 is 4.90 Å². The van der Waals surface area contributed by atoms with Crippen LogP contribution >= 0.6 is 23.2 Å². The number of carbonyl (C=O) groups excluding carboxylic acids is 2. The number of nitrogens with zero attached hydrogens (tertiary/aromatic N) is 2. The van der Waals surface area contributed by atoms with Gasteiger partial charge in [-0.15, -0.1) is 0 Å². The Morgan fingerprint density at radius 2 is 1.52 bits per heavy atom. The maximum atomic E-state index is 13.7. The van der Waals surface area contributed by atoms with E-state index >= 15 is 0 Å². The molecular weight excluding hydrogens is 431 g/mol. The molecule has 2 atom stereocenters. The van der Waals surface area contributed by atoms with Crippen molar-refractivity contribution in [1.82, 2.24) is 4.90 Å². The van der Waals surface area contributed by atoms with Crippen molar-refractivity contribution in [3.8, 4) is 0 Å². The Bertz CT molecular complexity index is 1100. The molecule has 2 aliphatic heterocycles. The fourth-order valence-corrected chi connectivity index (χ4v) is 4.97. The van der Waals surface area contributed by atoms with Crippen molar-refractivity contribution in [2.24, 2.45) is 11.8 Å². The number of benzene rings is 2. The minimum atomic E-state index is -0.326. The number of anilines is 1. The highest BCUT2D eigenvalue weighted by Gasteiger charge is 2.43. The monoisotopic (exact) mass is 456 g/mol. The van der Waals surface area contributed by atoms with Crippen LogP contribution in [0.2, 0.25) is 10.0 Å². The van der Waals surface area contributed by atoms with Gasteiger partial charge in [0.1, 0.15) is 5.70 Å². The number of hydrogen-bond acceptors (Lipinski definition) is 3. The van der Waals surface area contributed by atoms with Gasteiger partial charge in [-0.05, 0) is 67.0 Å². The molecule has 0 saturated carbocycles. The third-order valence-electron chi connectivity index (χ3n) is 6.20. The number of likely N-dealkylation sites (tertiary alicyclic amines) is 1. The van der Waals surface area contributed by atoms with Gasteiger partial charge in [-0.2, -0.15) is 0 Å². The molecule has 4 nitrogen and oxygen atoms in total. The summed E-state index contributed by atoms with van der Waals surface area (Å²) in [5.74, 6) is 0.254. The van der Waals surface area contributed by atoms with Crippen molar-refractivity contribution in [2.45, 2.75) is 34.1 Å². The maximum Gasteiger partial charge on any atom is 0.282 e. The highest BCUT2D eigenvalue weighted by molar-refractivity contribution is 6.46. The van der Waals surface area contributed by atoms with Crippen molar-refractivity contribution >= 4 is 46.3 Å². The van der Waals surface area contributed by atoms with Gasteiger partial charge in [-0.1, -0.05) is 55.2 Å². The molecule has 1 saturated heterocycles. The van der Waals surface area contributed by atoms with Gasteiger partial charge < -0.3 is 4.90 Å². The Balaban J connectivity index is 1.86. The number of carbonyl (C=O) groups is 2. The van der Waals surface area contributed by atoms with Crippen LogP contribution in [0.25, 0.3) is 5.57 Å². The molecule has 2 aliphatic rings. The predicted molar refractivity (Wildman–Crippen MR) is 126 cm³/mol. The van der Waals surface area contributed by atoms with E-state index in [0.29, 0.717) is 38.8 Å². The second kappa shape index (κ2) is 8.33. The first-order valence-corrected chi connectivity index (χ1v) is 11.3. The molecule has 2 aromatic carbocycles. The Labute approximate surface area is 193 Å². The lowest BCUT2D eigenvalue weighted by molar-refractivity contribution is -0.120. The number of aryl methyl sites for hydroxylation is 2. The fourth-order valence-electron chi connectivity index (χ4n) is 4.67. The highest BCUT2D eigenvalue weighted by Crippen LogP contribution is 2.39. The van der Waals surface area contributed by atoms with Gasteiger partial charge in [0.25, 0.3) is 11.8 Å². The molecule has 31 heavy (non-hydrogen) atoms. The molecule has 0 N–H and O–H groups in total. The summed E-state index contributed by atoms with van der Waals surface area (Å²) in [6, 6.07) is 10.8. The Morgan fingerprint density at radius 3 is 2.13 bits per heavy atom. The van der Waals surface area contributed by atoms with Crippen LogP contribution in [0.5, 0.6) is 0 Å². The number of hydrogen-bond donors (Lipinski definition) is 0. The van der Waals surface area contributed by atoms with Gasteiger partial charge in [-0.25, -0.2) is 4.90 Å². The van der Waals surface area contributed by atoms with E-state index in [2.05, 4.69) is 18.7 Å². The van der Waals surface area contributed by atoms with Crippen molar-refractivity contribution in [3.63, 3.8) is 0 Å². The minimum Gasteiger partial charge on any atom is -0.366 e. The summed E-state index contributed by atoms with van der Waals surface area (Å²) in [5.41, 5.74) is 4.36. The molecule has 0 spiro atoms. The Hall–Kier alpha value is -2.30. The zero-order chi connectivity index (χ0) is 22.4. The molecule has 0 aromatic heterocycles. The summed E-state index contributed by atoms with van der Waals surface area (Å²) in [6.07, 6.45) is 1.11. The molecule has 0 aliphatic carbocycles. The number of amides is 2. The summed E-state index contributed by atoms with van der Waals surface area (Å²) in [7, 11) is 0. The first-order chi connectivity index (χ1) is 14.7. The zero-order valence-corrected chi connectivity index (χ0v) is 19.7. The SMILES string of the molecule is Cc1ccc(C2=C(N3CC(C)CC(C)C3)C(=O)N(c3ccc(Cl)c(Cl)c3)C2=O)cc1C. The number of imide groups is 1. The van der Waals surface area contributed by atoms with Crippen LogP contribution in [0, 0.1) is 25.7 Å². The molecule has 4 rings (SSSR count). The molecule has 0 bridgehead atoms. The van der Waals surface area contributed by atoms with E-state index < -0.39 is 0 Å². The standard InChI is InChI=1S/C25H26Cl2N2O2/c1-14-9-15(2)13-28(12-14)23-22(18-6-5-16(3)17(4)10-18)24(30)29(25(23)31)19-7-8-20(26)21(27)11-19/h5-8,10-11,14-15H,9,12-13H2,1-4H3. The van der Waals surface area contributed by atoms with E-state index in [9.17, 15) is 9.59 Å². The smallest absolute Gasteiger partial charge is 0.282 e. The van der Waals surface area contributed by atoms with Crippen LogP contribution in [0.3, 0.4) is 0 Å². The van der Waals surface area contributed by atoms with Crippen molar-refractivity contribution < 1.29 is 9.59 Å². The molecular formula is C25H26Cl2N2O2. The van der Waals surface area contributed by atoms with Gasteiger partial charge in [0, 0.05) is 13.1 Å². The fraction of sp³-hybridized carbons (Fsp3) is 0.360. The molecule has 6 heteroatoms. The number of piperidine rings is 1. The van der Waals surface area contributed by atoms with Crippen LogP contribution in [0.4, 0.5) is 5.69 Å². The van der Waals surface area contributed by atoms with Crippen LogP contribution in [-0.4, -0.2) is 29.8 Å². The lowest BCUT2D eigenvalue weighted by Gasteiger charge is -2.37. The van der Waals surface area contributed by atoms with E-state index in [-0.39, 0.29) is 11.8 Å². The summed E-state index contributed by atoms with van der Waals surface area (Å²) in [6.45, 7) is 9.94. The molecule has 2 amide bonds. The molecule has 0 radical (unpaired) electrons. The van der Waals surface area contributed by atoms with Gasteiger partial charge in [0.05, 0.1) is 21.3 Å². The average Bonchev–Trinajstić information content (AvgIpc) is 2.96. The van der Waals surface area contributed by atoms with E-state index in [0.717, 1.165) is 36.2 Å².